The number of hydrogen-bond donors (Lipinski definition) is 1. The highest BCUT2D eigenvalue weighted by Crippen LogP contribution is 2.33. The molecule has 32 heavy (non-hydrogen) atoms. The summed E-state index contributed by atoms with van der Waals surface area (Å²) >= 11 is 3.07. The fourth-order valence-corrected chi connectivity index (χ4v) is 5.93. The number of rotatable bonds is 7. The molecule has 3 aromatic rings. The van der Waals surface area contributed by atoms with Crippen LogP contribution in [0.2, 0.25) is 0 Å². The average Bonchev–Trinajstić information content (AvgIpc) is 3.57. The summed E-state index contributed by atoms with van der Waals surface area (Å²) in [6, 6.07) is 3.98. The molecule has 1 amide bonds. The Bertz CT molecular complexity index is 1130. The number of aromatic nitrogens is 2. The molecular weight excluding hydrogens is 448 g/mol. The molecule has 0 saturated carbocycles. The highest BCUT2D eigenvalue weighted by molar-refractivity contribution is 7.18. The highest BCUT2D eigenvalue weighted by Gasteiger charge is 2.22. The van der Waals surface area contributed by atoms with E-state index in [1.54, 1.807) is 15.9 Å². The van der Waals surface area contributed by atoms with Crippen LogP contribution >= 0.6 is 22.7 Å². The van der Waals surface area contributed by atoms with E-state index in [4.69, 9.17) is 14.5 Å². The van der Waals surface area contributed by atoms with Gasteiger partial charge in [-0.2, -0.15) is 0 Å². The minimum Gasteiger partial charge on any atom is -0.379 e. The van der Waals surface area contributed by atoms with Gasteiger partial charge in [0.15, 0.2) is 0 Å². The fourth-order valence-electron chi connectivity index (χ4n) is 4.16. The molecule has 10 heteroatoms. The van der Waals surface area contributed by atoms with Gasteiger partial charge in [-0.1, -0.05) is 6.07 Å². The molecule has 2 aliphatic rings. The van der Waals surface area contributed by atoms with Gasteiger partial charge in [0.05, 0.1) is 31.2 Å². The van der Waals surface area contributed by atoms with Gasteiger partial charge in [-0.05, 0) is 24.3 Å². The molecule has 1 N–H and O–H groups in total. The van der Waals surface area contributed by atoms with Crippen molar-refractivity contribution in [2.24, 2.45) is 0 Å². The number of thiophene rings is 2. The van der Waals surface area contributed by atoms with Gasteiger partial charge in [0.1, 0.15) is 17.2 Å². The van der Waals surface area contributed by atoms with Gasteiger partial charge >= 0.3 is 0 Å². The van der Waals surface area contributed by atoms with Gasteiger partial charge in [-0.3, -0.25) is 19.1 Å². The van der Waals surface area contributed by atoms with Crippen LogP contribution in [0.5, 0.6) is 0 Å². The first kappa shape index (κ1) is 21.7. The zero-order valence-corrected chi connectivity index (χ0v) is 19.4. The van der Waals surface area contributed by atoms with Gasteiger partial charge < -0.3 is 14.8 Å². The van der Waals surface area contributed by atoms with Crippen molar-refractivity contribution in [2.75, 3.05) is 39.5 Å². The minimum atomic E-state index is -0.195. The van der Waals surface area contributed by atoms with E-state index in [2.05, 4.69) is 10.2 Å². The van der Waals surface area contributed by atoms with Crippen molar-refractivity contribution in [1.82, 2.24) is 19.8 Å². The zero-order chi connectivity index (χ0) is 21.9. The van der Waals surface area contributed by atoms with E-state index in [9.17, 15) is 9.59 Å². The van der Waals surface area contributed by atoms with Gasteiger partial charge in [0.2, 0.25) is 5.91 Å². The van der Waals surface area contributed by atoms with Crippen LogP contribution in [-0.2, 0) is 27.4 Å². The Morgan fingerprint density at radius 2 is 2.12 bits per heavy atom. The Kier molecular flexibility index (Phi) is 6.65. The smallest absolute Gasteiger partial charge is 0.263 e. The van der Waals surface area contributed by atoms with E-state index < -0.39 is 0 Å². The largest absolute Gasteiger partial charge is 0.379 e. The van der Waals surface area contributed by atoms with Gasteiger partial charge in [0.25, 0.3) is 5.56 Å². The standard InChI is InChI=1S/C22H26N4O4S2/c27-19(23-11-15-3-1-7-30-15)13-26-18(12-25-5-8-29-9-6-25)24-21-20(22(26)28)16(14-32-21)17-4-2-10-31-17/h2,4,10,14-15H,1,3,5-9,11-13H2,(H,23,27)/t15-/m1/s1. The van der Waals surface area contributed by atoms with E-state index in [1.165, 1.54) is 11.3 Å². The molecule has 0 bridgehead atoms. The maximum atomic E-state index is 13.7. The Hall–Kier alpha value is -2.11. The monoisotopic (exact) mass is 474 g/mol. The van der Waals surface area contributed by atoms with Crippen molar-refractivity contribution >= 4 is 38.8 Å². The van der Waals surface area contributed by atoms with Crippen LogP contribution in [0.15, 0.2) is 27.7 Å². The number of nitrogens with zero attached hydrogens (tertiary/aromatic N) is 3. The van der Waals surface area contributed by atoms with Crippen LogP contribution in [0.3, 0.4) is 0 Å². The number of hydrogen-bond acceptors (Lipinski definition) is 8. The van der Waals surface area contributed by atoms with Crippen molar-refractivity contribution in [1.29, 1.82) is 0 Å². The first-order valence-electron chi connectivity index (χ1n) is 10.9. The molecular formula is C22H26N4O4S2. The van der Waals surface area contributed by atoms with Crippen LogP contribution in [0.1, 0.15) is 18.7 Å². The summed E-state index contributed by atoms with van der Waals surface area (Å²) in [6.45, 7) is 4.57. The van der Waals surface area contributed by atoms with E-state index in [1.807, 2.05) is 22.9 Å². The molecule has 0 radical (unpaired) electrons. The molecule has 2 aliphatic heterocycles. The fraction of sp³-hybridized carbons (Fsp3) is 0.500. The number of carbonyl (C=O) groups is 1. The molecule has 0 aromatic carbocycles. The quantitative estimate of drug-likeness (QED) is 0.566. The summed E-state index contributed by atoms with van der Waals surface area (Å²) < 4.78 is 12.6. The highest BCUT2D eigenvalue weighted by atomic mass is 32.1. The van der Waals surface area contributed by atoms with E-state index in [0.29, 0.717) is 37.5 Å². The van der Waals surface area contributed by atoms with Crippen LogP contribution in [0, 0.1) is 0 Å². The molecule has 0 aliphatic carbocycles. The second-order valence-electron chi connectivity index (χ2n) is 8.05. The summed E-state index contributed by atoms with van der Waals surface area (Å²) in [5.41, 5.74) is 0.735. The van der Waals surface area contributed by atoms with Crippen LogP contribution in [0.25, 0.3) is 20.7 Å². The number of nitrogens with one attached hydrogen (secondary N) is 1. The zero-order valence-electron chi connectivity index (χ0n) is 17.7. The van der Waals surface area contributed by atoms with Crippen molar-refractivity contribution in [3.05, 3.63) is 39.1 Å². The number of ether oxygens (including phenoxy) is 2. The first-order chi connectivity index (χ1) is 15.7. The lowest BCUT2D eigenvalue weighted by Gasteiger charge is -2.27. The van der Waals surface area contributed by atoms with Gasteiger partial charge in [-0.15, -0.1) is 22.7 Å². The molecule has 5 heterocycles. The Balaban J connectivity index is 1.47. The van der Waals surface area contributed by atoms with Crippen molar-refractivity contribution in [3.8, 4) is 10.4 Å². The summed E-state index contributed by atoms with van der Waals surface area (Å²) in [5, 5.41) is 7.52. The third-order valence-electron chi connectivity index (χ3n) is 5.88. The average molecular weight is 475 g/mol. The van der Waals surface area contributed by atoms with Gasteiger partial charge in [0, 0.05) is 42.1 Å². The summed E-state index contributed by atoms with van der Waals surface area (Å²) in [5.74, 6) is 0.427. The Morgan fingerprint density at radius 1 is 1.25 bits per heavy atom. The predicted molar refractivity (Wildman–Crippen MR) is 125 cm³/mol. The van der Waals surface area contributed by atoms with Crippen LogP contribution < -0.4 is 10.9 Å². The lowest BCUT2D eigenvalue weighted by Crippen LogP contribution is -2.40. The van der Waals surface area contributed by atoms with E-state index in [0.717, 1.165) is 47.8 Å². The summed E-state index contributed by atoms with van der Waals surface area (Å²) in [4.78, 5) is 35.2. The maximum Gasteiger partial charge on any atom is 0.263 e. The van der Waals surface area contributed by atoms with Crippen LogP contribution in [-0.4, -0.2) is 65.9 Å². The number of morpholine rings is 1. The Labute approximate surface area is 193 Å². The number of amides is 1. The molecule has 2 fully saturated rings. The van der Waals surface area contributed by atoms with Crippen molar-refractivity contribution in [3.63, 3.8) is 0 Å². The SMILES string of the molecule is O=C(Cn1c(CN2CCOCC2)nc2scc(-c3cccs3)c2c1=O)NC[C@H]1CCCO1. The molecule has 170 valence electrons. The molecule has 0 spiro atoms. The molecule has 8 nitrogen and oxygen atoms in total. The minimum absolute atomic E-state index is 0.0477. The lowest BCUT2D eigenvalue weighted by atomic mass is 10.2. The molecule has 2 saturated heterocycles. The normalized spacial score (nSPS) is 19.6. The van der Waals surface area contributed by atoms with Crippen molar-refractivity contribution < 1.29 is 14.3 Å². The second kappa shape index (κ2) is 9.80. The number of fused-ring (bicyclic) bond motifs is 1. The molecule has 5 rings (SSSR count). The van der Waals surface area contributed by atoms with E-state index >= 15 is 0 Å². The molecule has 3 aromatic heterocycles. The molecule has 1 atom stereocenters. The Morgan fingerprint density at radius 3 is 2.88 bits per heavy atom. The molecule has 0 unspecified atom stereocenters. The second-order valence-corrected chi connectivity index (χ2v) is 9.86. The lowest BCUT2D eigenvalue weighted by molar-refractivity contribution is -0.122. The maximum absolute atomic E-state index is 13.7. The van der Waals surface area contributed by atoms with Gasteiger partial charge in [-0.25, -0.2) is 4.98 Å². The summed E-state index contributed by atoms with van der Waals surface area (Å²) in [7, 11) is 0. The topological polar surface area (TPSA) is 85.7 Å². The summed E-state index contributed by atoms with van der Waals surface area (Å²) in [6.07, 6.45) is 2.04. The van der Waals surface area contributed by atoms with E-state index in [-0.39, 0.29) is 24.1 Å². The third kappa shape index (κ3) is 4.65. The third-order valence-corrected chi connectivity index (χ3v) is 7.66. The number of carbonyl (C=O) groups excluding carboxylic acids is 1. The predicted octanol–water partition coefficient (Wildman–Crippen LogP) is 2.31. The van der Waals surface area contributed by atoms with Crippen LogP contribution in [0.4, 0.5) is 0 Å². The first-order valence-corrected chi connectivity index (χ1v) is 12.7. The van der Waals surface area contributed by atoms with Crippen molar-refractivity contribution in [2.45, 2.75) is 32.0 Å².